The molecule has 1 rings (SSSR count). The molecule has 6 heteroatoms. The van der Waals surface area contributed by atoms with E-state index in [1.807, 2.05) is 0 Å². The molecule has 1 aromatic carbocycles. The molecule has 15 heavy (non-hydrogen) atoms. The van der Waals surface area contributed by atoms with Gasteiger partial charge in [-0.05, 0) is 7.05 Å². The van der Waals surface area contributed by atoms with Crippen LogP contribution in [0.3, 0.4) is 0 Å². The Labute approximate surface area is 90.3 Å². The predicted molar refractivity (Wildman–Crippen MR) is 51.9 cm³/mol. The monoisotopic (exact) mass is 237 g/mol. The van der Waals surface area contributed by atoms with Crippen LogP contribution in [0.5, 0.6) is 5.75 Å². The third-order valence-corrected chi connectivity index (χ3v) is 2.26. The number of rotatable bonds is 3. The van der Waals surface area contributed by atoms with E-state index in [2.05, 4.69) is 5.32 Å². The summed E-state index contributed by atoms with van der Waals surface area (Å²) in [6.45, 7) is 0.0203. The highest BCUT2D eigenvalue weighted by molar-refractivity contribution is 6.31. The Kier molecular flexibility index (Phi) is 3.84. The zero-order valence-electron chi connectivity index (χ0n) is 7.89. The number of halogens is 3. The van der Waals surface area contributed by atoms with Crippen LogP contribution in [0, 0.1) is 11.6 Å². The molecule has 0 fully saturated rings. The minimum absolute atomic E-state index is 0.0203. The molecule has 1 atom stereocenters. The van der Waals surface area contributed by atoms with Gasteiger partial charge in [0.2, 0.25) is 0 Å². The highest BCUT2D eigenvalue weighted by atomic mass is 35.5. The summed E-state index contributed by atoms with van der Waals surface area (Å²) in [5.41, 5.74) is -0.407. The average molecular weight is 238 g/mol. The summed E-state index contributed by atoms with van der Waals surface area (Å²) in [4.78, 5) is 0. The lowest BCUT2D eigenvalue weighted by molar-refractivity contribution is 0.168. The summed E-state index contributed by atoms with van der Waals surface area (Å²) < 4.78 is 26.2. The third kappa shape index (κ3) is 2.37. The number of benzene rings is 1. The summed E-state index contributed by atoms with van der Waals surface area (Å²) in [5.74, 6) is -2.86. The molecule has 3 nitrogen and oxygen atoms in total. The molecular weight excluding hydrogens is 228 g/mol. The third-order valence-electron chi connectivity index (χ3n) is 1.91. The summed E-state index contributed by atoms with van der Waals surface area (Å²) >= 11 is 5.31. The number of phenols is 1. The van der Waals surface area contributed by atoms with E-state index in [-0.39, 0.29) is 6.54 Å². The Bertz CT molecular complexity index is 374. The Morgan fingerprint density at radius 1 is 1.53 bits per heavy atom. The fourth-order valence-corrected chi connectivity index (χ4v) is 1.37. The quantitative estimate of drug-likeness (QED) is 0.700. The van der Waals surface area contributed by atoms with Crippen molar-refractivity contribution >= 4 is 11.6 Å². The van der Waals surface area contributed by atoms with Gasteiger partial charge in [0.1, 0.15) is 16.6 Å². The van der Waals surface area contributed by atoms with E-state index in [0.717, 1.165) is 0 Å². The number of likely N-dealkylation sites (N-methyl/N-ethyl adjacent to an activating group) is 1. The van der Waals surface area contributed by atoms with Gasteiger partial charge >= 0.3 is 0 Å². The van der Waals surface area contributed by atoms with E-state index in [0.29, 0.717) is 6.07 Å². The molecule has 1 aromatic rings. The zero-order valence-corrected chi connectivity index (χ0v) is 8.65. The number of hydrogen-bond donors (Lipinski definition) is 3. The second-order valence-electron chi connectivity index (χ2n) is 2.99. The lowest BCUT2D eigenvalue weighted by Crippen LogP contribution is -2.18. The summed E-state index contributed by atoms with van der Waals surface area (Å²) in [7, 11) is 1.54. The van der Waals surface area contributed by atoms with Gasteiger partial charge in [0.05, 0.1) is 11.7 Å². The number of nitrogens with one attached hydrogen (secondary N) is 1. The fraction of sp³-hybridized carbons (Fsp3) is 0.333. The first-order valence-corrected chi connectivity index (χ1v) is 4.55. The number of aliphatic hydroxyl groups is 1. The normalized spacial score (nSPS) is 12.9. The van der Waals surface area contributed by atoms with Gasteiger partial charge in [-0.25, -0.2) is 8.78 Å². The topological polar surface area (TPSA) is 52.5 Å². The molecule has 0 aromatic heterocycles. The maximum Gasteiger partial charge on any atom is 0.154 e. The van der Waals surface area contributed by atoms with Gasteiger partial charge in [0, 0.05) is 12.6 Å². The summed E-state index contributed by atoms with van der Waals surface area (Å²) in [6, 6.07) is 0.666. The number of aromatic hydroxyl groups is 1. The molecule has 3 N–H and O–H groups in total. The van der Waals surface area contributed by atoms with E-state index in [1.54, 1.807) is 7.05 Å². The molecule has 0 radical (unpaired) electrons. The Morgan fingerprint density at radius 3 is 2.67 bits per heavy atom. The molecule has 0 heterocycles. The van der Waals surface area contributed by atoms with Crippen molar-refractivity contribution in [1.29, 1.82) is 0 Å². The molecule has 1 unspecified atom stereocenters. The second-order valence-corrected chi connectivity index (χ2v) is 3.37. The maximum absolute atomic E-state index is 13.4. The standard InChI is InChI=1S/C9H10ClF2NO2/c1-13-3-6(15)7-5(14)2-4(11)8(10)9(7)12/h2,6,13-15H,3H2,1H3. The van der Waals surface area contributed by atoms with Gasteiger partial charge < -0.3 is 15.5 Å². The van der Waals surface area contributed by atoms with Crippen LogP contribution in [0.1, 0.15) is 11.7 Å². The minimum Gasteiger partial charge on any atom is -0.507 e. The fourth-order valence-electron chi connectivity index (χ4n) is 1.21. The minimum atomic E-state index is -1.28. The van der Waals surface area contributed by atoms with E-state index >= 15 is 0 Å². The second kappa shape index (κ2) is 4.74. The highest BCUT2D eigenvalue weighted by Gasteiger charge is 2.22. The molecule has 0 amide bonds. The first-order valence-electron chi connectivity index (χ1n) is 4.18. The molecule has 0 aliphatic heterocycles. The van der Waals surface area contributed by atoms with Crippen molar-refractivity contribution in [3.05, 3.63) is 28.3 Å². The Balaban J connectivity index is 3.23. The van der Waals surface area contributed by atoms with E-state index in [4.69, 9.17) is 11.6 Å². The average Bonchev–Trinajstić information content (AvgIpc) is 2.15. The van der Waals surface area contributed by atoms with Crippen LogP contribution in [0.2, 0.25) is 5.02 Å². The predicted octanol–water partition coefficient (Wildman–Crippen LogP) is 1.58. The van der Waals surface area contributed by atoms with Crippen LogP contribution in [0.15, 0.2) is 6.07 Å². The molecule has 0 bridgehead atoms. The molecular formula is C9H10ClF2NO2. The van der Waals surface area contributed by atoms with Gasteiger partial charge in [-0.1, -0.05) is 11.6 Å². The van der Waals surface area contributed by atoms with Crippen LogP contribution >= 0.6 is 11.6 Å². The van der Waals surface area contributed by atoms with Crippen LogP contribution in [-0.2, 0) is 0 Å². The van der Waals surface area contributed by atoms with Crippen molar-refractivity contribution in [2.75, 3.05) is 13.6 Å². The highest BCUT2D eigenvalue weighted by Crippen LogP contribution is 2.33. The number of aliphatic hydroxyl groups excluding tert-OH is 1. The lowest BCUT2D eigenvalue weighted by Gasteiger charge is -2.14. The van der Waals surface area contributed by atoms with Crippen molar-refractivity contribution in [3.8, 4) is 5.75 Å². The first kappa shape index (κ1) is 12.2. The summed E-state index contributed by atoms with van der Waals surface area (Å²) in [6.07, 6.45) is -1.28. The SMILES string of the molecule is CNCC(O)c1c(O)cc(F)c(Cl)c1F. The van der Waals surface area contributed by atoms with Gasteiger partial charge in [-0.3, -0.25) is 0 Å². The lowest BCUT2D eigenvalue weighted by atomic mass is 10.1. The van der Waals surface area contributed by atoms with Gasteiger partial charge in [-0.2, -0.15) is 0 Å². The van der Waals surface area contributed by atoms with Crippen molar-refractivity contribution < 1.29 is 19.0 Å². The Morgan fingerprint density at radius 2 is 2.13 bits per heavy atom. The van der Waals surface area contributed by atoms with Crippen molar-refractivity contribution in [2.45, 2.75) is 6.10 Å². The first-order chi connectivity index (χ1) is 6.99. The Hall–Kier alpha value is -0.910. The molecule has 84 valence electrons. The molecule has 0 spiro atoms. The summed E-state index contributed by atoms with van der Waals surface area (Å²) in [5, 5.41) is 20.6. The maximum atomic E-state index is 13.4. The van der Waals surface area contributed by atoms with Gasteiger partial charge in [-0.15, -0.1) is 0 Å². The molecule has 0 saturated carbocycles. The molecule has 0 aliphatic rings. The van der Waals surface area contributed by atoms with Gasteiger partial charge in [0.15, 0.2) is 5.82 Å². The number of hydrogen-bond acceptors (Lipinski definition) is 3. The van der Waals surface area contributed by atoms with Crippen LogP contribution in [0.4, 0.5) is 8.78 Å². The van der Waals surface area contributed by atoms with Crippen LogP contribution < -0.4 is 5.32 Å². The van der Waals surface area contributed by atoms with Crippen molar-refractivity contribution in [3.63, 3.8) is 0 Å². The van der Waals surface area contributed by atoms with E-state index in [1.165, 1.54) is 0 Å². The molecule has 0 aliphatic carbocycles. The van der Waals surface area contributed by atoms with E-state index < -0.39 is 34.1 Å². The largest absolute Gasteiger partial charge is 0.507 e. The van der Waals surface area contributed by atoms with Gasteiger partial charge in [0.25, 0.3) is 0 Å². The van der Waals surface area contributed by atoms with E-state index in [9.17, 15) is 19.0 Å². The number of phenolic OH excluding ortho intramolecular Hbond substituents is 1. The van der Waals surface area contributed by atoms with Crippen LogP contribution in [0.25, 0.3) is 0 Å². The molecule has 0 saturated heterocycles. The van der Waals surface area contributed by atoms with Crippen molar-refractivity contribution in [1.82, 2.24) is 5.32 Å². The van der Waals surface area contributed by atoms with Crippen LogP contribution in [-0.4, -0.2) is 23.8 Å². The van der Waals surface area contributed by atoms with Crippen molar-refractivity contribution in [2.24, 2.45) is 0 Å². The smallest absolute Gasteiger partial charge is 0.154 e. The zero-order chi connectivity index (χ0) is 11.6.